The quantitative estimate of drug-likeness (QED) is 0.425. The Morgan fingerprint density at radius 3 is 2.72 bits per heavy atom. The van der Waals surface area contributed by atoms with Gasteiger partial charge in [-0.15, -0.1) is 0 Å². The monoisotopic (exact) mass is 413 g/mol. The fourth-order valence-electron chi connectivity index (χ4n) is 2.24. The molecule has 0 saturated heterocycles. The Labute approximate surface area is 152 Å². The number of ketones is 1. The second kappa shape index (κ2) is 8.24. The molecule has 0 amide bonds. The van der Waals surface area contributed by atoms with Crippen LogP contribution in [0.5, 0.6) is 5.75 Å². The van der Waals surface area contributed by atoms with Crippen molar-refractivity contribution in [3.63, 3.8) is 0 Å². The molecular weight excluding hydrogens is 396 g/mol. The van der Waals surface area contributed by atoms with E-state index in [1.54, 1.807) is 36.3 Å². The minimum atomic E-state index is -2.56. The number of halogens is 3. The molecule has 0 atom stereocenters. The molecular formula is C17H18BrF2N3O2. The average molecular weight is 414 g/mol. The van der Waals surface area contributed by atoms with Gasteiger partial charge in [-0.25, -0.2) is 8.78 Å². The van der Waals surface area contributed by atoms with Gasteiger partial charge in [0.15, 0.2) is 0 Å². The summed E-state index contributed by atoms with van der Waals surface area (Å²) in [6, 6.07) is 4.96. The smallest absolute Gasteiger partial charge is 0.272 e. The Balaban J connectivity index is 2.38. The van der Waals surface area contributed by atoms with E-state index in [4.69, 9.17) is 4.74 Å². The Kier molecular flexibility index (Phi) is 6.30. The number of alkyl halides is 2. The summed E-state index contributed by atoms with van der Waals surface area (Å²) in [6.07, 6.45) is 0.604. The first-order valence-electron chi connectivity index (χ1n) is 7.40. The normalized spacial score (nSPS) is 12.4. The van der Waals surface area contributed by atoms with Crippen molar-refractivity contribution in [2.75, 3.05) is 27.7 Å². The maximum atomic E-state index is 12.7. The third kappa shape index (κ3) is 4.88. The van der Waals surface area contributed by atoms with Crippen LogP contribution in [0.2, 0.25) is 0 Å². The van der Waals surface area contributed by atoms with Crippen molar-refractivity contribution in [3.05, 3.63) is 40.1 Å². The highest BCUT2D eigenvalue weighted by atomic mass is 79.9. The number of aromatic nitrogens is 1. The maximum Gasteiger partial charge on any atom is 0.272 e. The van der Waals surface area contributed by atoms with Gasteiger partial charge in [-0.3, -0.25) is 9.79 Å². The number of rotatable bonds is 7. The number of benzene rings is 1. The van der Waals surface area contributed by atoms with E-state index in [1.807, 2.05) is 14.1 Å². The van der Waals surface area contributed by atoms with E-state index in [1.165, 1.54) is 6.21 Å². The highest BCUT2D eigenvalue weighted by Gasteiger charge is 2.16. The van der Waals surface area contributed by atoms with Crippen molar-refractivity contribution in [1.29, 1.82) is 0 Å². The van der Waals surface area contributed by atoms with E-state index in [9.17, 15) is 13.6 Å². The number of hydrogen-bond donors (Lipinski definition) is 1. The van der Waals surface area contributed by atoms with Gasteiger partial charge < -0.3 is 14.6 Å². The number of fused-ring (bicyclic) bond motifs is 1. The summed E-state index contributed by atoms with van der Waals surface area (Å²) in [6.45, 7) is -0.691. The minimum absolute atomic E-state index is 0.221. The van der Waals surface area contributed by atoms with Crippen LogP contribution >= 0.6 is 15.9 Å². The SMILES string of the molecule is CN=C/C(=C\N(C)C)C(=O)c1cc2cc(OCC(F)F)c(Br)cc2[nH]1. The Morgan fingerprint density at radius 2 is 2.12 bits per heavy atom. The largest absolute Gasteiger partial charge is 0.486 e. The summed E-state index contributed by atoms with van der Waals surface area (Å²) in [7, 11) is 5.21. The fourth-order valence-corrected chi connectivity index (χ4v) is 2.70. The number of H-pyrrole nitrogens is 1. The maximum absolute atomic E-state index is 12.7. The molecule has 1 aromatic carbocycles. The van der Waals surface area contributed by atoms with E-state index in [0.29, 0.717) is 32.4 Å². The van der Waals surface area contributed by atoms with Crippen molar-refractivity contribution in [2.45, 2.75) is 6.43 Å². The van der Waals surface area contributed by atoms with Crippen LogP contribution in [0.4, 0.5) is 8.78 Å². The number of carbonyl (C=O) groups excluding carboxylic acids is 1. The van der Waals surface area contributed by atoms with Crippen molar-refractivity contribution in [1.82, 2.24) is 9.88 Å². The summed E-state index contributed by atoms with van der Waals surface area (Å²) >= 11 is 3.29. The number of aromatic amines is 1. The number of carbonyl (C=O) groups is 1. The third-order valence-electron chi connectivity index (χ3n) is 3.21. The van der Waals surface area contributed by atoms with E-state index < -0.39 is 13.0 Å². The van der Waals surface area contributed by atoms with Gasteiger partial charge in [0.25, 0.3) is 6.43 Å². The van der Waals surface area contributed by atoms with Gasteiger partial charge >= 0.3 is 0 Å². The van der Waals surface area contributed by atoms with Gasteiger partial charge in [0, 0.05) is 44.5 Å². The third-order valence-corrected chi connectivity index (χ3v) is 3.83. The lowest BCUT2D eigenvalue weighted by Gasteiger charge is -2.07. The van der Waals surface area contributed by atoms with Crippen LogP contribution in [0.1, 0.15) is 10.5 Å². The molecule has 25 heavy (non-hydrogen) atoms. The first kappa shape index (κ1) is 19.1. The molecule has 8 heteroatoms. The number of aliphatic imine (C=N–C) groups is 1. The lowest BCUT2D eigenvalue weighted by molar-refractivity contribution is 0.0816. The predicted octanol–water partition coefficient (Wildman–Crippen LogP) is 3.90. The van der Waals surface area contributed by atoms with Crippen LogP contribution in [0.15, 0.2) is 39.4 Å². The summed E-state index contributed by atoms with van der Waals surface area (Å²) in [5.74, 6) is 0.0756. The second-order valence-corrected chi connectivity index (χ2v) is 6.37. The lowest BCUT2D eigenvalue weighted by atomic mass is 10.1. The lowest BCUT2D eigenvalue weighted by Crippen LogP contribution is -2.11. The zero-order valence-corrected chi connectivity index (χ0v) is 15.6. The number of ether oxygens (including phenoxy) is 1. The highest BCUT2D eigenvalue weighted by Crippen LogP contribution is 2.31. The summed E-state index contributed by atoms with van der Waals surface area (Å²) in [5, 5.41) is 0.688. The minimum Gasteiger partial charge on any atom is -0.486 e. The molecule has 134 valence electrons. The van der Waals surface area contributed by atoms with Crippen LogP contribution in [0, 0.1) is 0 Å². The molecule has 0 unspecified atom stereocenters. The topological polar surface area (TPSA) is 57.7 Å². The Bertz CT molecular complexity index is 829. The molecule has 0 fully saturated rings. The molecule has 2 aromatic rings. The molecule has 1 aromatic heterocycles. The Hall–Kier alpha value is -2.22. The van der Waals surface area contributed by atoms with E-state index in [0.717, 1.165) is 0 Å². The molecule has 5 nitrogen and oxygen atoms in total. The number of hydrogen-bond acceptors (Lipinski definition) is 4. The second-order valence-electron chi connectivity index (χ2n) is 5.52. The van der Waals surface area contributed by atoms with Crippen molar-refractivity contribution in [3.8, 4) is 5.75 Å². The predicted molar refractivity (Wildman–Crippen MR) is 98.0 cm³/mol. The van der Waals surface area contributed by atoms with Gasteiger partial charge in [-0.1, -0.05) is 0 Å². The van der Waals surface area contributed by atoms with Gasteiger partial charge in [0.1, 0.15) is 12.4 Å². The zero-order chi connectivity index (χ0) is 18.6. The molecule has 0 aliphatic heterocycles. The first-order chi connectivity index (χ1) is 11.8. The van der Waals surface area contributed by atoms with Gasteiger partial charge in [0.2, 0.25) is 5.78 Å². The highest BCUT2D eigenvalue weighted by molar-refractivity contribution is 9.10. The van der Waals surface area contributed by atoms with Crippen LogP contribution in [-0.4, -0.2) is 56.1 Å². The average Bonchev–Trinajstić information content (AvgIpc) is 2.93. The first-order valence-corrected chi connectivity index (χ1v) is 8.19. The number of nitrogens with one attached hydrogen (secondary N) is 1. The molecule has 0 bridgehead atoms. The molecule has 1 heterocycles. The molecule has 0 radical (unpaired) electrons. The van der Waals surface area contributed by atoms with Crippen LogP contribution in [0.3, 0.4) is 0 Å². The van der Waals surface area contributed by atoms with Gasteiger partial charge in [-0.05, 0) is 34.1 Å². The standard InChI is InChI=1S/C17H18BrF2N3O2/c1-21-7-11(8-23(2)3)17(24)14-4-10-5-15(25-9-16(19)20)12(18)6-13(10)22-14/h4-8,16,22H,9H2,1-3H3/b11-8+,21-7?. The van der Waals surface area contributed by atoms with Gasteiger partial charge in [0.05, 0.1) is 15.7 Å². The summed E-state index contributed by atoms with van der Waals surface area (Å²) in [4.78, 5) is 21.4. The van der Waals surface area contributed by atoms with Gasteiger partial charge in [-0.2, -0.15) is 0 Å². The zero-order valence-electron chi connectivity index (χ0n) is 14.0. The van der Waals surface area contributed by atoms with Crippen molar-refractivity contribution >= 4 is 38.8 Å². The van der Waals surface area contributed by atoms with E-state index >= 15 is 0 Å². The van der Waals surface area contributed by atoms with Crippen molar-refractivity contribution in [2.24, 2.45) is 4.99 Å². The number of Topliss-reactive ketones (excluding diaryl/α,β-unsaturated/α-hetero) is 1. The molecule has 0 aliphatic carbocycles. The van der Waals surface area contributed by atoms with Crippen LogP contribution < -0.4 is 4.74 Å². The molecule has 2 rings (SSSR count). The Morgan fingerprint density at radius 1 is 1.40 bits per heavy atom. The van der Waals surface area contributed by atoms with E-state index in [2.05, 4.69) is 25.9 Å². The number of nitrogens with zero attached hydrogens (tertiary/aromatic N) is 2. The summed E-state index contributed by atoms with van der Waals surface area (Å²) < 4.78 is 30.3. The molecule has 1 N–H and O–H groups in total. The van der Waals surface area contributed by atoms with Crippen LogP contribution in [-0.2, 0) is 0 Å². The molecule has 0 aliphatic rings. The fraction of sp³-hybridized carbons (Fsp3) is 0.294. The number of allylic oxidation sites excluding steroid dienone is 1. The summed E-state index contributed by atoms with van der Waals surface area (Å²) in [5.41, 5.74) is 1.49. The van der Waals surface area contributed by atoms with Crippen molar-refractivity contribution < 1.29 is 18.3 Å². The molecule has 0 saturated carbocycles. The molecule has 0 spiro atoms. The van der Waals surface area contributed by atoms with E-state index in [-0.39, 0.29) is 5.78 Å². The van der Waals surface area contributed by atoms with Crippen LogP contribution in [0.25, 0.3) is 10.9 Å².